The number of H-pyrrole nitrogens is 1. The van der Waals surface area contributed by atoms with Crippen LogP contribution in [0, 0.1) is 35.1 Å². The molecule has 0 atom stereocenters. The number of benzene rings is 3. The summed E-state index contributed by atoms with van der Waals surface area (Å²) in [5, 5.41) is 16.4. The third kappa shape index (κ3) is 3.21. The fourth-order valence-corrected chi connectivity index (χ4v) is 4.32. The highest BCUT2D eigenvalue weighted by atomic mass is 19.1. The zero-order chi connectivity index (χ0) is 21.4. The highest BCUT2D eigenvalue weighted by molar-refractivity contribution is 6.03. The number of nitrogens with one attached hydrogen (secondary N) is 1. The lowest BCUT2D eigenvalue weighted by atomic mass is 9.72. The third-order valence-electron chi connectivity index (χ3n) is 5.99. The van der Waals surface area contributed by atoms with Gasteiger partial charge in [0.2, 0.25) is 5.95 Å². The molecule has 1 radical (unpaired) electrons. The van der Waals surface area contributed by atoms with Gasteiger partial charge in [0, 0.05) is 11.1 Å². The minimum atomic E-state index is -0.721. The van der Waals surface area contributed by atoms with Crippen molar-refractivity contribution in [2.24, 2.45) is 5.92 Å². The van der Waals surface area contributed by atoms with E-state index >= 15 is 4.39 Å². The second kappa shape index (κ2) is 7.81. The number of fused-ring (bicyclic) bond motifs is 1. The average molecular weight is 410 g/mol. The maximum atomic E-state index is 15.0. The molecule has 5 rings (SSSR count). The van der Waals surface area contributed by atoms with Crippen LogP contribution < -0.4 is 0 Å². The first-order valence-corrected chi connectivity index (χ1v) is 10.2. The second-order valence-corrected chi connectivity index (χ2v) is 7.71. The van der Waals surface area contributed by atoms with Crippen LogP contribution in [0.3, 0.4) is 0 Å². The summed E-state index contributed by atoms with van der Waals surface area (Å²) < 4.78 is 29.5. The number of aromatic nitrogens is 2. The molecule has 0 bridgehead atoms. The van der Waals surface area contributed by atoms with Crippen LogP contribution in [0.1, 0.15) is 41.5 Å². The smallest absolute Gasteiger partial charge is 0.241 e. The summed E-state index contributed by atoms with van der Waals surface area (Å²) in [6.45, 7) is 0. The first kappa shape index (κ1) is 19.2. The van der Waals surface area contributed by atoms with Crippen molar-refractivity contribution in [2.75, 3.05) is 0 Å². The Labute approximate surface area is 178 Å². The average Bonchev–Trinajstić information content (AvgIpc) is 3.14. The molecule has 0 unspecified atom stereocenters. The number of nitriles is 1. The summed E-state index contributed by atoms with van der Waals surface area (Å²) in [5.74, 6) is -0.885. The van der Waals surface area contributed by atoms with Gasteiger partial charge in [-0.3, -0.25) is 5.10 Å². The van der Waals surface area contributed by atoms with Gasteiger partial charge in [-0.25, -0.2) is 4.39 Å². The Balaban J connectivity index is 1.92. The van der Waals surface area contributed by atoms with Gasteiger partial charge in [-0.15, -0.1) is 5.10 Å². The van der Waals surface area contributed by atoms with Crippen LogP contribution in [-0.2, 0) is 0 Å². The van der Waals surface area contributed by atoms with Crippen molar-refractivity contribution in [1.82, 2.24) is 10.2 Å². The first-order valence-electron chi connectivity index (χ1n) is 10.2. The van der Waals surface area contributed by atoms with Crippen molar-refractivity contribution in [2.45, 2.75) is 19.3 Å². The molecule has 0 aliphatic heterocycles. The topological polar surface area (TPSA) is 52.5 Å². The molecule has 0 spiro atoms. The fraction of sp³-hybridized carbons (Fsp3) is 0.154. The Bertz CT molecular complexity index is 1340. The molecule has 0 saturated heterocycles. The lowest BCUT2D eigenvalue weighted by Gasteiger charge is -2.32. The predicted octanol–water partition coefficient (Wildman–Crippen LogP) is 6.27. The molecule has 1 aromatic heterocycles. The molecule has 151 valence electrons. The summed E-state index contributed by atoms with van der Waals surface area (Å²) >= 11 is 0. The predicted molar refractivity (Wildman–Crippen MR) is 116 cm³/mol. The molecule has 1 fully saturated rings. The molecule has 5 heteroatoms. The van der Waals surface area contributed by atoms with Gasteiger partial charge in [0.1, 0.15) is 11.9 Å². The SMILES string of the molecule is N#Cc1c(/C(=C(/c2ccccc2F)C2CCC2)c2[c]cccc2)ccc2[nH]nc(F)c12. The van der Waals surface area contributed by atoms with Gasteiger partial charge in [0.25, 0.3) is 0 Å². The Morgan fingerprint density at radius 2 is 1.84 bits per heavy atom. The lowest BCUT2D eigenvalue weighted by molar-refractivity contribution is 0.400. The van der Waals surface area contributed by atoms with Crippen LogP contribution in [0.5, 0.6) is 0 Å². The van der Waals surface area contributed by atoms with Gasteiger partial charge in [-0.2, -0.15) is 9.65 Å². The monoisotopic (exact) mass is 410 g/mol. The van der Waals surface area contributed by atoms with Crippen molar-refractivity contribution >= 4 is 22.0 Å². The third-order valence-corrected chi connectivity index (χ3v) is 5.99. The summed E-state index contributed by atoms with van der Waals surface area (Å²) in [6.07, 6.45) is 2.93. The molecule has 3 nitrogen and oxygen atoms in total. The number of nitrogens with zero attached hydrogens (tertiary/aromatic N) is 2. The summed E-state index contributed by atoms with van der Waals surface area (Å²) in [6, 6.07) is 23.0. The van der Waals surface area contributed by atoms with E-state index in [1.165, 1.54) is 6.07 Å². The highest BCUT2D eigenvalue weighted by Gasteiger charge is 2.30. The van der Waals surface area contributed by atoms with Crippen molar-refractivity contribution in [3.05, 3.63) is 101 Å². The zero-order valence-corrected chi connectivity index (χ0v) is 16.6. The normalized spacial score (nSPS) is 14.7. The number of hydrogen-bond donors (Lipinski definition) is 1. The number of halogens is 2. The number of allylic oxidation sites excluding steroid dienone is 1. The molecule has 1 N–H and O–H groups in total. The van der Waals surface area contributed by atoms with Gasteiger partial charge in [0.15, 0.2) is 0 Å². The van der Waals surface area contributed by atoms with Gasteiger partial charge >= 0.3 is 0 Å². The molecular weight excluding hydrogens is 392 g/mol. The Hall–Kier alpha value is -3.78. The second-order valence-electron chi connectivity index (χ2n) is 7.71. The van der Waals surface area contributed by atoms with Gasteiger partial charge < -0.3 is 0 Å². The van der Waals surface area contributed by atoms with E-state index in [9.17, 15) is 9.65 Å². The molecule has 31 heavy (non-hydrogen) atoms. The van der Waals surface area contributed by atoms with E-state index in [1.807, 2.05) is 24.3 Å². The van der Waals surface area contributed by atoms with Gasteiger partial charge in [-0.05, 0) is 53.7 Å². The highest BCUT2D eigenvalue weighted by Crippen LogP contribution is 2.46. The van der Waals surface area contributed by atoms with E-state index in [1.54, 1.807) is 30.3 Å². The van der Waals surface area contributed by atoms with Crippen LogP contribution in [0.25, 0.3) is 22.0 Å². The molecule has 1 aliphatic carbocycles. The van der Waals surface area contributed by atoms with Crippen molar-refractivity contribution in [3.63, 3.8) is 0 Å². The molecular formula is C26H18F2N3. The van der Waals surface area contributed by atoms with Crippen molar-refractivity contribution in [3.8, 4) is 6.07 Å². The van der Waals surface area contributed by atoms with E-state index in [2.05, 4.69) is 22.3 Å². The van der Waals surface area contributed by atoms with E-state index in [-0.39, 0.29) is 22.7 Å². The summed E-state index contributed by atoms with van der Waals surface area (Å²) in [4.78, 5) is 0. The van der Waals surface area contributed by atoms with Crippen LogP contribution in [-0.4, -0.2) is 10.2 Å². The summed E-state index contributed by atoms with van der Waals surface area (Å²) in [5.41, 5.74) is 4.00. The standard InChI is InChI=1S/C26H18F2N3/c27-21-12-5-4-11-19(21)24(17-9-6-10-17)23(16-7-2-1-3-8-16)18-13-14-22-25(20(18)15-29)26(28)31-30-22/h1-5,7,11-14,17H,6,9-10H2,(H,30,31)/b24-23+. The van der Waals surface area contributed by atoms with Crippen LogP contribution in [0.15, 0.2) is 60.7 Å². The molecule has 3 aromatic carbocycles. The first-order chi connectivity index (χ1) is 15.2. The Kier molecular flexibility index (Phi) is 4.83. The molecule has 1 aliphatic rings. The van der Waals surface area contributed by atoms with Gasteiger partial charge in [0.05, 0.1) is 16.5 Å². The zero-order valence-electron chi connectivity index (χ0n) is 16.6. The van der Waals surface area contributed by atoms with Crippen molar-refractivity contribution < 1.29 is 8.78 Å². The Morgan fingerprint density at radius 3 is 2.52 bits per heavy atom. The molecule has 0 amide bonds. The minimum Gasteiger partial charge on any atom is -0.275 e. The molecule has 1 saturated carbocycles. The number of aromatic amines is 1. The lowest BCUT2D eigenvalue weighted by Crippen LogP contribution is -2.16. The number of hydrogen-bond acceptors (Lipinski definition) is 2. The summed E-state index contributed by atoms with van der Waals surface area (Å²) in [7, 11) is 0. The van der Waals surface area contributed by atoms with Gasteiger partial charge in [-0.1, -0.05) is 55.0 Å². The maximum Gasteiger partial charge on any atom is 0.241 e. The van der Waals surface area contributed by atoms with Crippen LogP contribution in [0.4, 0.5) is 8.78 Å². The van der Waals surface area contributed by atoms with E-state index in [4.69, 9.17) is 0 Å². The van der Waals surface area contributed by atoms with Crippen LogP contribution >= 0.6 is 0 Å². The largest absolute Gasteiger partial charge is 0.275 e. The molecule has 4 aromatic rings. The van der Waals surface area contributed by atoms with E-state index < -0.39 is 5.95 Å². The number of rotatable bonds is 4. The Morgan fingerprint density at radius 1 is 1.03 bits per heavy atom. The van der Waals surface area contributed by atoms with Crippen molar-refractivity contribution in [1.29, 1.82) is 5.26 Å². The minimum absolute atomic E-state index is 0.148. The van der Waals surface area contributed by atoms with E-state index in [0.29, 0.717) is 16.6 Å². The van der Waals surface area contributed by atoms with E-state index in [0.717, 1.165) is 36.0 Å². The maximum absolute atomic E-state index is 15.0. The molecule has 1 heterocycles. The fourth-order valence-electron chi connectivity index (χ4n) is 4.32. The quantitative estimate of drug-likeness (QED) is 0.403. The van der Waals surface area contributed by atoms with Crippen LogP contribution in [0.2, 0.25) is 0 Å².